The largest absolute Gasteiger partial charge is 0.493 e. The fraction of sp³-hybridized carbons (Fsp3) is 0.273. The molecule has 0 aliphatic carbocycles. The second kappa shape index (κ2) is 9.57. The van der Waals surface area contributed by atoms with Gasteiger partial charge in [-0.15, -0.1) is 0 Å². The second-order valence-electron chi connectivity index (χ2n) is 6.26. The van der Waals surface area contributed by atoms with Crippen LogP contribution in [-0.4, -0.2) is 32.6 Å². The SMILES string of the molecule is COc1ccc(/C=C/C(=O)OCC(=O)c2ccc(C(C)C)cc2)cc1OC. The lowest BCUT2D eigenvalue weighted by molar-refractivity contribution is -0.136. The predicted molar refractivity (Wildman–Crippen MR) is 104 cm³/mol. The summed E-state index contributed by atoms with van der Waals surface area (Å²) in [6.45, 7) is 3.88. The highest BCUT2D eigenvalue weighted by Crippen LogP contribution is 2.27. The standard InChI is InChI=1S/C22H24O5/c1-15(2)17-7-9-18(10-8-17)19(23)14-27-22(24)12-6-16-5-11-20(25-3)21(13-16)26-4/h5-13,15H,14H2,1-4H3/b12-6+. The summed E-state index contributed by atoms with van der Waals surface area (Å²) in [5.41, 5.74) is 2.43. The Balaban J connectivity index is 1.91. The van der Waals surface area contributed by atoms with Crippen molar-refractivity contribution in [2.45, 2.75) is 19.8 Å². The molecule has 27 heavy (non-hydrogen) atoms. The maximum atomic E-state index is 12.1. The average molecular weight is 368 g/mol. The van der Waals surface area contributed by atoms with E-state index < -0.39 is 5.97 Å². The molecule has 5 heteroatoms. The van der Waals surface area contributed by atoms with E-state index in [1.807, 2.05) is 12.1 Å². The summed E-state index contributed by atoms with van der Waals surface area (Å²) in [6.07, 6.45) is 2.86. The highest BCUT2D eigenvalue weighted by atomic mass is 16.5. The van der Waals surface area contributed by atoms with Gasteiger partial charge in [0.25, 0.3) is 0 Å². The first-order valence-corrected chi connectivity index (χ1v) is 8.64. The van der Waals surface area contributed by atoms with Crippen LogP contribution in [0.15, 0.2) is 48.5 Å². The van der Waals surface area contributed by atoms with Crippen LogP contribution < -0.4 is 9.47 Å². The Hall–Kier alpha value is -3.08. The molecule has 0 spiro atoms. The van der Waals surface area contributed by atoms with Crippen molar-refractivity contribution < 1.29 is 23.8 Å². The van der Waals surface area contributed by atoms with Crippen LogP contribution in [-0.2, 0) is 9.53 Å². The number of benzene rings is 2. The highest BCUT2D eigenvalue weighted by molar-refractivity contribution is 5.98. The van der Waals surface area contributed by atoms with Crippen molar-refractivity contribution in [2.24, 2.45) is 0 Å². The third-order valence-corrected chi connectivity index (χ3v) is 4.06. The van der Waals surface area contributed by atoms with E-state index in [-0.39, 0.29) is 12.4 Å². The van der Waals surface area contributed by atoms with E-state index in [0.717, 1.165) is 11.1 Å². The summed E-state index contributed by atoms with van der Waals surface area (Å²) >= 11 is 0. The zero-order chi connectivity index (χ0) is 19.8. The minimum absolute atomic E-state index is 0.238. The molecule has 0 radical (unpaired) electrons. The Morgan fingerprint density at radius 3 is 2.22 bits per heavy atom. The molecule has 0 unspecified atom stereocenters. The van der Waals surface area contributed by atoms with Crippen molar-refractivity contribution in [3.05, 3.63) is 65.2 Å². The van der Waals surface area contributed by atoms with Crippen molar-refractivity contribution in [3.63, 3.8) is 0 Å². The summed E-state index contributed by atoms with van der Waals surface area (Å²) in [5.74, 6) is 0.739. The third kappa shape index (κ3) is 5.71. The minimum atomic E-state index is -0.586. The van der Waals surface area contributed by atoms with Gasteiger partial charge in [-0.25, -0.2) is 4.79 Å². The normalized spacial score (nSPS) is 10.9. The van der Waals surface area contributed by atoms with Crippen molar-refractivity contribution in [1.82, 2.24) is 0 Å². The fourth-order valence-corrected chi connectivity index (χ4v) is 2.44. The zero-order valence-electron chi connectivity index (χ0n) is 16.0. The maximum absolute atomic E-state index is 12.1. The number of ether oxygens (including phenoxy) is 3. The lowest BCUT2D eigenvalue weighted by atomic mass is 10.0. The molecule has 142 valence electrons. The smallest absolute Gasteiger partial charge is 0.331 e. The lowest BCUT2D eigenvalue weighted by Crippen LogP contribution is -2.12. The average Bonchev–Trinajstić information content (AvgIpc) is 2.70. The summed E-state index contributed by atoms with van der Waals surface area (Å²) in [6, 6.07) is 12.6. The van der Waals surface area contributed by atoms with Crippen LogP contribution in [0, 0.1) is 0 Å². The van der Waals surface area contributed by atoms with Crippen LogP contribution >= 0.6 is 0 Å². The molecule has 2 aromatic carbocycles. The molecule has 0 saturated carbocycles. The van der Waals surface area contributed by atoms with E-state index in [1.54, 1.807) is 50.6 Å². The van der Waals surface area contributed by atoms with E-state index in [2.05, 4.69) is 13.8 Å². The number of carbonyl (C=O) groups excluding carboxylic acids is 2. The molecule has 0 atom stereocenters. The molecule has 0 bridgehead atoms. The van der Waals surface area contributed by atoms with Gasteiger partial charge in [0.15, 0.2) is 23.9 Å². The Morgan fingerprint density at radius 1 is 0.963 bits per heavy atom. The first-order valence-electron chi connectivity index (χ1n) is 8.64. The van der Waals surface area contributed by atoms with Crippen LogP contribution in [0.25, 0.3) is 6.08 Å². The van der Waals surface area contributed by atoms with Crippen molar-refractivity contribution in [2.75, 3.05) is 20.8 Å². The molecule has 0 N–H and O–H groups in total. The van der Waals surface area contributed by atoms with Gasteiger partial charge in [0.2, 0.25) is 0 Å². The first kappa shape index (κ1) is 20.2. The molecular formula is C22H24O5. The number of Topliss-reactive ketones (excluding diaryl/α,β-unsaturated/α-hetero) is 1. The molecule has 5 nitrogen and oxygen atoms in total. The van der Waals surface area contributed by atoms with Crippen molar-refractivity contribution in [3.8, 4) is 11.5 Å². The van der Waals surface area contributed by atoms with Gasteiger partial charge in [0, 0.05) is 11.6 Å². The second-order valence-corrected chi connectivity index (χ2v) is 6.26. The lowest BCUT2D eigenvalue weighted by Gasteiger charge is -2.07. The molecule has 0 amide bonds. The number of hydrogen-bond acceptors (Lipinski definition) is 5. The van der Waals surface area contributed by atoms with Gasteiger partial charge in [-0.2, -0.15) is 0 Å². The monoisotopic (exact) mass is 368 g/mol. The van der Waals surface area contributed by atoms with Gasteiger partial charge in [0.1, 0.15) is 0 Å². The summed E-state index contributed by atoms with van der Waals surface area (Å²) in [5, 5.41) is 0. The molecule has 0 aliphatic rings. The maximum Gasteiger partial charge on any atom is 0.331 e. The van der Waals surface area contributed by atoms with E-state index in [0.29, 0.717) is 23.0 Å². The topological polar surface area (TPSA) is 61.8 Å². The fourth-order valence-electron chi connectivity index (χ4n) is 2.44. The van der Waals surface area contributed by atoms with Crippen LogP contribution in [0.5, 0.6) is 11.5 Å². The number of esters is 1. The van der Waals surface area contributed by atoms with Gasteiger partial charge in [-0.05, 0) is 35.3 Å². The predicted octanol–water partition coefficient (Wildman–Crippen LogP) is 4.27. The van der Waals surface area contributed by atoms with Gasteiger partial charge >= 0.3 is 5.97 Å². The molecule has 0 aromatic heterocycles. The van der Waals surface area contributed by atoms with Gasteiger partial charge in [-0.1, -0.05) is 44.2 Å². The quantitative estimate of drug-likeness (QED) is 0.396. The summed E-state index contributed by atoms with van der Waals surface area (Å²) < 4.78 is 15.4. The zero-order valence-corrected chi connectivity index (χ0v) is 16.0. The first-order chi connectivity index (χ1) is 12.9. The van der Waals surface area contributed by atoms with Gasteiger partial charge < -0.3 is 14.2 Å². The number of hydrogen-bond donors (Lipinski definition) is 0. The Bertz CT molecular complexity index is 819. The third-order valence-electron chi connectivity index (χ3n) is 4.06. The van der Waals surface area contributed by atoms with E-state index in [9.17, 15) is 9.59 Å². The van der Waals surface area contributed by atoms with E-state index >= 15 is 0 Å². The van der Waals surface area contributed by atoms with Gasteiger partial charge in [0.05, 0.1) is 14.2 Å². The van der Waals surface area contributed by atoms with E-state index in [1.165, 1.54) is 6.08 Å². The highest BCUT2D eigenvalue weighted by Gasteiger charge is 2.09. The van der Waals surface area contributed by atoms with E-state index in [4.69, 9.17) is 14.2 Å². The number of carbonyl (C=O) groups is 2. The molecule has 2 aromatic rings. The molecule has 0 saturated heterocycles. The Kier molecular flexibility index (Phi) is 7.17. The molecule has 0 aliphatic heterocycles. The molecule has 2 rings (SSSR count). The van der Waals surface area contributed by atoms with Crippen LogP contribution in [0.2, 0.25) is 0 Å². The summed E-state index contributed by atoms with van der Waals surface area (Å²) in [7, 11) is 3.09. The Labute approximate surface area is 159 Å². The van der Waals surface area contributed by atoms with Crippen molar-refractivity contribution in [1.29, 1.82) is 0 Å². The summed E-state index contributed by atoms with van der Waals surface area (Å²) in [4.78, 5) is 24.0. The minimum Gasteiger partial charge on any atom is -0.493 e. The number of methoxy groups -OCH3 is 2. The number of rotatable bonds is 8. The molecule has 0 heterocycles. The van der Waals surface area contributed by atoms with Crippen LogP contribution in [0.1, 0.15) is 41.3 Å². The van der Waals surface area contributed by atoms with Gasteiger partial charge in [-0.3, -0.25) is 4.79 Å². The van der Waals surface area contributed by atoms with Crippen LogP contribution in [0.3, 0.4) is 0 Å². The Morgan fingerprint density at radius 2 is 1.63 bits per heavy atom. The molecular weight excluding hydrogens is 344 g/mol. The molecule has 0 fully saturated rings. The van der Waals surface area contributed by atoms with Crippen molar-refractivity contribution >= 4 is 17.8 Å². The van der Waals surface area contributed by atoms with Crippen LogP contribution in [0.4, 0.5) is 0 Å². The number of ketones is 1.